The first-order valence-corrected chi connectivity index (χ1v) is 24.7. The summed E-state index contributed by atoms with van der Waals surface area (Å²) >= 11 is 16.1. The number of benzene rings is 2. The number of thiophene rings is 2. The Bertz CT molecular complexity index is 2610. The van der Waals surface area contributed by atoms with Crippen molar-refractivity contribution in [3.63, 3.8) is 0 Å². The van der Waals surface area contributed by atoms with Gasteiger partial charge >= 0.3 is 5.97 Å². The molecule has 0 atom stereocenters. The monoisotopic (exact) mass is 989 g/mol. The second-order valence-corrected chi connectivity index (χ2v) is 22.4. The van der Waals surface area contributed by atoms with E-state index in [4.69, 9.17) is 28.3 Å². The fraction of sp³-hybridized carbons (Fsp3) is 0.396. The Labute approximate surface area is 414 Å². The lowest BCUT2D eigenvalue weighted by molar-refractivity contribution is -0.00206. The molecule has 1 saturated carbocycles. The summed E-state index contributed by atoms with van der Waals surface area (Å²) in [5, 5.41) is 33.8. The van der Waals surface area contributed by atoms with Crippen molar-refractivity contribution in [3.8, 4) is 43.1 Å². The number of amides is 1. The van der Waals surface area contributed by atoms with Crippen molar-refractivity contribution in [2.75, 3.05) is 13.1 Å². The van der Waals surface area contributed by atoms with E-state index in [1.807, 2.05) is 50.5 Å². The normalized spacial score (nSPS) is 15.6. The van der Waals surface area contributed by atoms with Crippen molar-refractivity contribution in [2.45, 2.75) is 122 Å². The van der Waals surface area contributed by atoms with Crippen molar-refractivity contribution in [3.05, 3.63) is 129 Å². The summed E-state index contributed by atoms with van der Waals surface area (Å²) in [4.78, 5) is 36.8. The number of hydrogen-bond donors (Lipinski definition) is 3. The molecular weight excluding hydrogens is 929 g/mol. The van der Waals surface area contributed by atoms with Crippen LogP contribution in [0.25, 0.3) is 43.1 Å². The minimum absolute atomic E-state index is 0. The lowest BCUT2D eigenvalue weighted by atomic mass is 9.87. The van der Waals surface area contributed by atoms with Gasteiger partial charge in [-0.2, -0.15) is 0 Å². The van der Waals surface area contributed by atoms with Crippen molar-refractivity contribution in [2.24, 2.45) is 0 Å². The number of piperidine rings is 1. The third-order valence-electron chi connectivity index (χ3n) is 11.9. The Balaban J connectivity index is 0.000000213. The predicted molar refractivity (Wildman–Crippen MR) is 277 cm³/mol. The minimum Gasteiger partial charge on any atom is -0.478 e. The summed E-state index contributed by atoms with van der Waals surface area (Å²) in [7, 11) is 0. The number of carbonyl (C=O) groups excluding carboxylic acids is 1. The maximum atomic E-state index is 12.9. The van der Waals surface area contributed by atoms with Gasteiger partial charge in [-0.15, -0.1) is 35.1 Å². The molecule has 2 aliphatic rings. The van der Waals surface area contributed by atoms with Gasteiger partial charge in [0.15, 0.2) is 0 Å². The molecule has 6 aromatic rings. The van der Waals surface area contributed by atoms with Gasteiger partial charge in [0.05, 0.1) is 26.8 Å². The molecule has 0 bridgehead atoms. The van der Waals surface area contributed by atoms with Crippen LogP contribution in [0.15, 0.2) is 96.0 Å². The zero-order valence-corrected chi connectivity index (χ0v) is 43.0. The van der Waals surface area contributed by atoms with E-state index < -0.39 is 11.6 Å². The molecule has 66 heavy (non-hydrogen) atoms. The van der Waals surface area contributed by atoms with Crippen LogP contribution < -0.4 is 0 Å². The van der Waals surface area contributed by atoms with E-state index in [0.717, 1.165) is 67.4 Å². The van der Waals surface area contributed by atoms with Crippen LogP contribution in [0, 0.1) is 0 Å². The van der Waals surface area contributed by atoms with Crippen molar-refractivity contribution in [1.29, 1.82) is 0 Å². The topological polar surface area (TPSA) is 124 Å². The molecule has 8 rings (SSSR count). The predicted octanol–water partition coefficient (Wildman–Crippen LogP) is 14.7. The van der Waals surface area contributed by atoms with Crippen molar-refractivity contribution >= 4 is 70.2 Å². The molecule has 1 aliphatic carbocycles. The summed E-state index contributed by atoms with van der Waals surface area (Å²) in [5.41, 5.74) is 8.10. The van der Waals surface area contributed by atoms with Crippen LogP contribution in [0.1, 0.15) is 132 Å². The van der Waals surface area contributed by atoms with Crippen LogP contribution in [0.2, 0.25) is 10.0 Å². The van der Waals surface area contributed by atoms with Gasteiger partial charge in [-0.3, -0.25) is 14.8 Å². The number of halogens is 3. The first kappa shape index (κ1) is 52.8. The molecule has 13 heteroatoms. The SMILES string of the molecule is CC(C)(C)c1cc(-c2csc(-c3ccc(C(=O)O)cc3Cl)c2)ccn1.CC1(O)CCCCC1.CC1(O)CCN(C(=O)c2ccc(-c3cc(-c4ccnc(C(C)(C)C)c4)cs3)c(Cl)c2)CC1.Cl. The highest BCUT2D eigenvalue weighted by molar-refractivity contribution is 7.14. The molecule has 2 fully saturated rings. The number of carbonyl (C=O) groups is 2. The van der Waals surface area contributed by atoms with Crippen LogP contribution in [0.5, 0.6) is 0 Å². The number of likely N-dealkylation sites (tertiary alicyclic amines) is 1. The highest BCUT2D eigenvalue weighted by Gasteiger charge is 2.30. The largest absolute Gasteiger partial charge is 0.478 e. The fourth-order valence-corrected chi connectivity index (χ4v) is 10.3. The molecule has 4 aromatic heterocycles. The van der Waals surface area contributed by atoms with E-state index in [2.05, 4.69) is 86.5 Å². The molecule has 5 heterocycles. The third-order valence-corrected chi connectivity index (χ3v) is 14.5. The number of aromatic nitrogens is 2. The van der Waals surface area contributed by atoms with E-state index in [0.29, 0.717) is 41.5 Å². The molecule has 8 nitrogen and oxygen atoms in total. The summed E-state index contributed by atoms with van der Waals surface area (Å²) in [6, 6.07) is 22.9. The van der Waals surface area contributed by atoms with Crippen LogP contribution in [-0.2, 0) is 10.8 Å². The lowest BCUT2D eigenvalue weighted by Gasteiger charge is -2.35. The number of rotatable bonds is 6. The molecule has 0 spiro atoms. The van der Waals surface area contributed by atoms with Crippen LogP contribution in [-0.4, -0.2) is 66.4 Å². The van der Waals surface area contributed by atoms with Gasteiger partial charge in [-0.05, 0) is 133 Å². The molecule has 0 radical (unpaired) electrons. The average Bonchev–Trinajstić information content (AvgIpc) is 3.95. The van der Waals surface area contributed by atoms with Gasteiger partial charge in [-0.25, -0.2) is 4.79 Å². The Morgan fingerprint density at radius 2 is 1.03 bits per heavy atom. The van der Waals surface area contributed by atoms with E-state index in [9.17, 15) is 19.8 Å². The number of carboxylic acid groups (broad SMARTS) is 1. The lowest BCUT2D eigenvalue weighted by Crippen LogP contribution is -2.45. The Hall–Kier alpha value is -4.13. The van der Waals surface area contributed by atoms with Crippen molar-refractivity contribution in [1.82, 2.24) is 14.9 Å². The van der Waals surface area contributed by atoms with Gasteiger partial charge in [-0.1, -0.05) is 96.1 Å². The van der Waals surface area contributed by atoms with Gasteiger partial charge < -0.3 is 20.2 Å². The number of carboxylic acids is 1. The van der Waals surface area contributed by atoms with Crippen LogP contribution in [0.3, 0.4) is 0 Å². The van der Waals surface area contributed by atoms with E-state index in [-0.39, 0.29) is 40.3 Å². The van der Waals surface area contributed by atoms with Gasteiger partial charge in [0, 0.05) is 74.1 Å². The summed E-state index contributed by atoms with van der Waals surface area (Å²) < 4.78 is 0. The zero-order chi connectivity index (χ0) is 47.3. The highest BCUT2D eigenvalue weighted by atomic mass is 35.5. The first-order valence-electron chi connectivity index (χ1n) is 22.2. The molecule has 1 saturated heterocycles. The molecule has 352 valence electrons. The fourth-order valence-electron chi connectivity index (χ4n) is 7.68. The minimum atomic E-state index is -0.980. The van der Waals surface area contributed by atoms with Gasteiger partial charge in [0.1, 0.15) is 0 Å². The summed E-state index contributed by atoms with van der Waals surface area (Å²) in [5.74, 6) is -1.01. The highest BCUT2D eigenvalue weighted by Crippen LogP contribution is 2.39. The smallest absolute Gasteiger partial charge is 0.335 e. The van der Waals surface area contributed by atoms with E-state index in [1.54, 1.807) is 45.8 Å². The van der Waals surface area contributed by atoms with Crippen LogP contribution >= 0.6 is 58.3 Å². The molecule has 2 aromatic carbocycles. The Morgan fingerprint density at radius 3 is 1.42 bits per heavy atom. The van der Waals surface area contributed by atoms with Crippen molar-refractivity contribution < 1.29 is 24.9 Å². The molecule has 3 N–H and O–H groups in total. The Morgan fingerprint density at radius 1 is 0.606 bits per heavy atom. The van der Waals surface area contributed by atoms with Gasteiger partial charge in [0.2, 0.25) is 0 Å². The van der Waals surface area contributed by atoms with Crippen LogP contribution in [0.4, 0.5) is 0 Å². The summed E-state index contributed by atoms with van der Waals surface area (Å²) in [6.45, 7) is 17.8. The maximum Gasteiger partial charge on any atom is 0.335 e. The number of aromatic carboxylic acids is 1. The first-order chi connectivity index (χ1) is 30.5. The quantitative estimate of drug-likeness (QED) is 0.152. The van der Waals surface area contributed by atoms with E-state index >= 15 is 0 Å². The molecule has 0 unspecified atom stereocenters. The third kappa shape index (κ3) is 14.0. The zero-order valence-electron chi connectivity index (χ0n) is 39.1. The standard InChI is InChI=1S/C26H29ClN2O2S.C20H18ClNO2S.C7H14O.ClH/c1-25(2,3)23-15-17(7-10-28-23)19-14-22(32-16-19)20-6-5-18(13-21(20)27)24(30)29-11-8-26(4,31)9-12-29;1-20(2,3)18-10-12(6-7-22-18)14-9-17(25-11-14)15-5-4-13(19(23)24)8-16(15)21;1-7(8)5-3-2-4-6-7;/h5-7,10,13-16,31H,8-9,11-12H2,1-4H3;4-11H,1-3H3,(H,23,24);8H,2-6H2,1H3;1H. The maximum absolute atomic E-state index is 12.9. The summed E-state index contributed by atoms with van der Waals surface area (Å²) in [6.07, 6.45) is 10.6. The average molecular weight is 992 g/mol. The number of pyridine rings is 2. The number of hydrogen-bond acceptors (Lipinski definition) is 8. The molecular formula is C53H62Cl3N3O5S2. The number of nitrogens with zero attached hydrogens (tertiary/aromatic N) is 3. The Kier molecular flexibility index (Phi) is 17.5. The molecule has 1 amide bonds. The second-order valence-electron chi connectivity index (χ2n) is 19.8. The second kappa shape index (κ2) is 21.9. The number of aliphatic hydroxyl groups is 2. The van der Waals surface area contributed by atoms with E-state index in [1.165, 1.54) is 25.3 Å². The molecule has 1 aliphatic heterocycles. The van der Waals surface area contributed by atoms with Gasteiger partial charge in [0.25, 0.3) is 5.91 Å².